The maximum Gasteiger partial charge on any atom is 0.184 e. The van der Waals surface area contributed by atoms with Crippen molar-refractivity contribution in [3.8, 4) is 0 Å². The molecule has 27 heavy (non-hydrogen) atoms. The Bertz CT molecular complexity index is 713. The third kappa shape index (κ3) is 6.23. The molecule has 0 bridgehead atoms. The van der Waals surface area contributed by atoms with E-state index in [0.29, 0.717) is 36.2 Å². The maximum atomic E-state index is 13.4. The van der Waals surface area contributed by atoms with Crippen LogP contribution in [0, 0.1) is 17.6 Å². The molecule has 0 amide bonds. The lowest BCUT2D eigenvalue weighted by molar-refractivity contribution is -0.117. The zero-order chi connectivity index (χ0) is 20.6. The smallest absolute Gasteiger partial charge is 0.184 e. The highest BCUT2D eigenvalue weighted by Crippen LogP contribution is 2.37. The van der Waals surface area contributed by atoms with Crippen molar-refractivity contribution in [1.29, 1.82) is 0 Å². The summed E-state index contributed by atoms with van der Waals surface area (Å²) in [7, 11) is 0. The summed E-state index contributed by atoms with van der Waals surface area (Å²) in [6.07, 6.45) is 3.67. The van der Waals surface area contributed by atoms with Crippen LogP contribution in [0.15, 0.2) is 47.6 Å². The van der Waals surface area contributed by atoms with E-state index in [2.05, 4.69) is 18.2 Å². The van der Waals surface area contributed by atoms with Crippen LogP contribution in [-0.2, 0) is 4.79 Å². The largest absolute Gasteiger partial charge is 0.292 e. The molecule has 0 unspecified atom stereocenters. The number of ketones is 1. The van der Waals surface area contributed by atoms with Crippen LogP contribution >= 0.6 is 0 Å². The first-order valence-corrected chi connectivity index (χ1v) is 9.75. The number of benzene rings is 1. The fraction of sp³-hybridized carbons (Fsp3) is 0.478. The van der Waals surface area contributed by atoms with Crippen LogP contribution in [-0.4, -0.2) is 11.5 Å². The molecule has 4 heteroatoms. The van der Waals surface area contributed by atoms with Gasteiger partial charge in [-0.1, -0.05) is 40.0 Å². The summed E-state index contributed by atoms with van der Waals surface area (Å²) in [6.45, 7) is 15.4. The Morgan fingerprint density at radius 1 is 1.11 bits per heavy atom. The van der Waals surface area contributed by atoms with Gasteiger partial charge in [-0.25, -0.2) is 8.78 Å². The van der Waals surface area contributed by atoms with E-state index in [1.807, 2.05) is 20.8 Å². The lowest BCUT2D eigenvalue weighted by atomic mass is 9.76. The summed E-state index contributed by atoms with van der Waals surface area (Å²) in [6, 6.07) is 4.08. The molecule has 1 aliphatic carbocycles. The van der Waals surface area contributed by atoms with Gasteiger partial charge in [0.25, 0.3) is 0 Å². The highest BCUT2D eigenvalue weighted by Gasteiger charge is 2.30. The van der Waals surface area contributed by atoms with E-state index in [0.717, 1.165) is 18.4 Å². The number of halogens is 2. The van der Waals surface area contributed by atoms with Crippen LogP contribution in [0.2, 0.25) is 0 Å². The van der Waals surface area contributed by atoms with Crippen LogP contribution in [0.5, 0.6) is 0 Å². The number of aliphatic imine (C=N–C) groups is 1. The molecule has 1 fully saturated rings. The lowest BCUT2D eigenvalue weighted by Crippen LogP contribution is -2.28. The van der Waals surface area contributed by atoms with Gasteiger partial charge in [0, 0.05) is 11.6 Å². The standard InChI is InChI=1S/C21H25F2NO.C2H6/c1-5-14(4)24-20(13(2)3)21(25)16-8-6-15(7-9-16)17-10-11-18(22)19(23)12-17;1-2/h10-12,15-16H,2,4-9H2,1,3H3;1-2H3. The molecule has 1 aliphatic rings. The van der Waals surface area contributed by atoms with Crippen molar-refractivity contribution in [2.24, 2.45) is 10.9 Å². The van der Waals surface area contributed by atoms with Gasteiger partial charge >= 0.3 is 0 Å². The quantitative estimate of drug-likeness (QED) is 0.504. The zero-order valence-corrected chi connectivity index (χ0v) is 16.9. The second-order valence-corrected chi connectivity index (χ2v) is 6.75. The molecule has 2 rings (SSSR count). The molecule has 0 aliphatic heterocycles. The van der Waals surface area contributed by atoms with Gasteiger partial charge in [-0.05, 0) is 68.2 Å². The van der Waals surface area contributed by atoms with Crippen molar-refractivity contribution in [3.63, 3.8) is 0 Å². The van der Waals surface area contributed by atoms with E-state index in [-0.39, 0.29) is 17.6 Å². The molecule has 0 atom stereocenters. The SMILES string of the molecule is C=C(CC)N=C(C(=C)C)C(=O)C1CCC(c2ccc(F)c(F)c2)CC1.CC. The monoisotopic (exact) mass is 375 g/mol. The minimum Gasteiger partial charge on any atom is -0.292 e. The summed E-state index contributed by atoms with van der Waals surface area (Å²) in [5.74, 6) is -1.56. The third-order valence-corrected chi connectivity index (χ3v) is 4.83. The first-order valence-electron chi connectivity index (χ1n) is 9.75. The number of rotatable bonds is 6. The third-order valence-electron chi connectivity index (χ3n) is 4.83. The van der Waals surface area contributed by atoms with Crippen molar-refractivity contribution in [2.45, 2.75) is 65.7 Å². The molecular formula is C23H31F2NO. The Morgan fingerprint density at radius 3 is 2.19 bits per heavy atom. The summed E-state index contributed by atoms with van der Waals surface area (Å²) in [5, 5.41) is 0. The van der Waals surface area contributed by atoms with Crippen LogP contribution in [0.1, 0.15) is 71.3 Å². The molecule has 1 saturated carbocycles. The summed E-state index contributed by atoms with van der Waals surface area (Å²) in [4.78, 5) is 17.1. The molecular weight excluding hydrogens is 344 g/mol. The molecule has 0 saturated heterocycles. The van der Waals surface area contributed by atoms with E-state index >= 15 is 0 Å². The van der Waals surface area contributed by atoms with Crippen molar-refractivity contribution < 1.29 is 13.6 Å². The van der Waals surface area contributed by atoms with Gasteiger partial charge in [0.05, 0.1) is 0 Å². The van der Waals surface area contributed by atoms with Crippen molar-refractivity contribution in [2.75, 3.05) is 0 Å². The molecule has 0 heterocycles. The minimum absolute atomic E-state index is 0.0193. The predicted octanol–water partition coefficient (Wildman–Crippen LogP) is 6.77. The Balaban J connectivity index is 0.00000176. The molecule has 0 spiro atoms. The van der Waals surface area contributed by atoms with Crippen LogP contribution in [0.25, 0.3) is 0 Å². The number of hydrogen-bond donors (Lipinski definition) is 0. The van der Waals surface area contributed by atoms with Crippen molar-refractivity contribution >= 4 is 11.5 Å². The summed E-state index contributed by atoms with van der Waals surface area (Å²) >= 11 is 0. The molecule has 0 N–H and O–H groups in total. The molecule has 1 aromatic carbocycles. The van der Waals surface area contributed by atoms with Gasteiger partial charge in [0.15, 0.2) is 17.4 Å². The Hall–Kier alpha value is -2.10. The second-order valence-electron chi connectivity index (χ2n) is 6.75. The zero-order valence-electron chi connectivity index (χ0n) is 16.9. The summed E-state index contributed by atoms with van der Waals surface area (Å²) in [5.41, 5.74) is 2.55. The topological polar surface area (TPSA) is 29.4 Å². The Labute approximate surface area is 162 Å². The van der Waals surface area contributed by atoms with E-state index < -0.39 is 11.6 Å². The number of carbonyl (C=O) groups is 1. The fourth-order valence-corrected chi connectivity index (χ4v) is 3.25. The predicted molar refractivity (Wildman–Crippen MR) is 109 cm³/mol. The average Bonchev–Trinajstić information content (AvgIpc) is 2.69. The summed E-state index contributed by atoms with van der Waals surface area (Å²) < 4.78 is 26.5. The highest BCUT2D eigenvalue weighted by molar-refractivity contribution is 6.46. The Kier molecular flexibility index (Phi) is 9.27. The molecule has 148 valence electrons. The second kappa shape index (κ2) is 10.9. The molecule has 0 aromatic heterocycles. The van der Waals surface area contributed by atoms with Crippen LogP contribution in [0.3, 0.4) is 0 Å². The normalized spacial score (nSPS) is 19.7. The first-order chi connectivity index (χ1) is 12.8. The molecule has 0 radical (unpaired) electrons. The van der Waals surface area contributed by atoms with Gasteiger partial charge in [0.2, 0.25) is 0 Å². The van der Waals surface area contributed by atoms with Gasteiger partial charge in [-0.15, -0.1) is 0 Å². The minimum atomic E-state index is -0.828. The molecule has 2 nitrogen and oxygen atoms in total. The van der Waals surface area contributed by atoms with Crippen molar-refractivity contribution in [3.05, 3.63) is 59.8 Å². The van der Waals surface area contributed by atoms with Crippen LogP contribution < -0.4 is 0 Å². The van der Waals surface area contributed by atoms with E-state index in [1.165, 1.54) is 12.1 Å². The van der Waals surface area contributed by atoms with Crippen molar-refractivity contribution in [1.82, 2.24) is 0 Å². The Morgan fingerprint density at radius 2 is 1.70 bits per heavy atom. The number of Topliss-reactive ketones (excluding diaryl/α,β-unsaturated/α-hetero) is 1. The van der Waals surface area contributed by atoms with E-state index in [9.17, 15) is 13.6 Å². The highest BCUT2D eigenvalue weighted by atomic mass is 19.2. The number of allylic oxidation sites excluding steroid dienone is 2. The van der Waals surface area contributed by atoms with E-state index in [1.54, 1.807) is 13.0 Å². The average molecular weight is 376 g/mol. The lowest BCUT2D eigenvalue weighted by Gasteiger charge is -2.28. The van der Waals surface area contributed by atoms with Gasteiger partial charge in [0.1, 0.15) is 5.71 Å². The number of carbonyl (C=O) groups excluding carboxylic acids is 1. The van der Waals surface area contributed by atoms with Gasteiger partial charge < -0.3 is 0 Å². The molecule has 1 aromatic rings. The van der Waals surface area contributed by atoms with E-state index in [4.69, 9.17) is 0 Å². The number of nitrogens with zero attached hydrogens (tertiary/aromatic N) is 1. The van der Waals surface area contributed by atoms with Gasteiger partial charge in [-0.3, -0.25) is 9.79 Å². The van der Waals surface area contributed by atoms with Crippen LogP contribution in [0.4, 0.5) is 8.78 Å². The first kappa shape index (κ1) is 22.9. The fourth-order valence-electron chi connectivity index (χ4n) is 3.25. The van der Waals surface area contributed by atoms with Gasteiger partial charge in [-0.2, -0.15) is 0 Å². The number of hydrogen-bond acceptors (Lipinski definition) is 2. The maximum absolute atomic E-state index is 13.4.